The first-order chi connectivity index (χ1) is 12.7. The Morgan fingerprint density at radius 3 is 2.73 bits per heavy atom. The molecular formula is C18H23N5OS2. The summed E-state index contributed by atoms with van der Waals surface area (Å²) in [6, 6.07) is 10.3. The lowest BCUT2D eigenvalue weighted by atomic mass is 10.2. The quantitative estimate of drug-likeness (QED) is 0.580. The topological polar surface area (TPSA) is 61.4 Å². The molecule has 0 aliphatic carbocycles. The Hall–Kier alpha value is -2.06. The number of rotatable bonds is 7. The van der Waals surface area contributed by atoms with E-state index in [1.54, 1.807) is 6.08 Å². The number of hydrogen-bond donors (Lipinski definition) is 1. The number of carbonyl (C=O) groups is 1. The Morgan fingerprint density at radius 1 is 1.31 bits per heavy atom. The van der Waals surface area contributed by atoms with E-state index in [4.69, 9.17) is 0 Å². The van der Waals surface area contributed by atoms with Gasteiger partial charge in [-0.25, -0.2) is 0 Å². The van der Waals surface area contributed by atoms with Crippen LogP contribution in [-0.2, 0) is 4.79 Å². The van der Waals surface area contributed by atoms with Crippen LogP contribution < -0.4 is 10.2 Å². The van der Waals surface area contributed by atoms with Gasteiger partial charge in [0.1, 0.15) is 0 Å². The Labute approximate surface area is 162 Å². The number of thioether (sulfide) groups is 1. The molecule has 2 heterocycles. The SMILES string of the molecule is C=CCNc1nnc(SC(C)C(=O)N2CCN(c3ccccc3)CC2)s1. The highest BCUT2D eigenvalue weighted by Crippen LogP contribution is 2.30. The zero-order valence-electron chi connectivity index (χ0n) is 14.8. The van der Waals surface area contributed by atoms with Gasteiger partial charge in [0, 0.05) is 38.4 Å². The number of para-hydroxylation sites is 1. The zero-order chi connectivity index (χ0) is 18.4. The molecule has 1 N–H and O–H groups in total. The van der Waals surface area contributed by atoms with Gasteiger partial charge in [0.15, 0.2) is 4.34 Å². The molecule has 0 spiro atoms. The minimum atomic E-state index is -0.168. The second-order valence-corrected chi connectivity index (χ2v) is 8.52. The molecule has 0 bridgehead atoms. The molecule has 1 aromatic heterocycles. The van der Waals surface area contributed by atoms with Crippen molar-refractivity contribution in [2.75, 3.05) is 42.9 Å². The van der Waals surface area contributed by atoms with Gasteiger partial charge in [0.2, 0.25) is 11.0 Å². The molecule has 1 fully saturated rings. The summed E-state index contributed by atoms with van der Waals surface area (Å²) in [5.41, 5.74) is 1.22. The number of hydrogen-bond acceptors (Lipinski definition) is 7. The van der Waals surface area contributed by atoms with Crippen LogP contribution >= 0.6 is 23.1 Å². The van der Waals surface area contributed by atoms with Crippen LogP contribution in [0.5, 0.6) is 0 Å². The summed E-state index contributed by atoms with van der Waals surface area (Å²) in [4.78, 5) is 17.0. The molecular weight excluding hydrogens is 366 g/mol. The van der Waals surface area contributed by atoms with Crippen LogP contribution in [0.25, 0.3) is 0 Å². The van der Waals surface area contributed by atoms with E-state index in [1.165, 1.54) is 28.8 Å². The van der Waals surface area contributed by atoms with Crippen LogP contribution in [0.15, 0.2) is 47.3 Å². The number of carbonyl (C=O) groups excluding carboxylic acids is 1. The van der Waals surface area contributed by atoms with Gasteiger partial charge >= 0.3 is 0 Å². The van der Waals surface area contributed by atoms with E-state index in [0.29, 0.717) is 6.54 Å². The molecule has 8 heteroatoms. The van der Waals surface area contributed by atoms with Crippen molar-refractivity contribution < 1.29 is 4.79 Å². The Kier molecular flexibility index (Phi) is 6.51. The number of nitrogens with zero attached hydrogens (tertiary/aromatic N) is 4. The first-order valence-corrected chi connectivity index (χ1v) is 10.3. The van der Waals surface area contributed by atoms with Crippen LogP contribution in [0.1, 0.15) is 6.92 Å². The molecule has 1 aliphatic heterocycles. The van der Waals surface area contributed by atoms with E-state index in [-0.39, 0.29) is 11.2 Å². The third kappa shape index (κ3) is 4.76. The number of benzene rings is 1. The first kappa shape index (κ1) is 18.7. The van der Waals surface area contributed by atoms with Crippen molar-refractivity contribution in [3.63, 3.8) is 0 Å². The van der Waals surface area contributed by atoms with Gasteiger partial charge in [-0.2, -0.15) is 0 Å². The van der Waals surface area contributed by atoms with Crippen LogP contribution in [0, 0.1) is 0 Å². The summed E-state index contributed by atoms with van der Waals surface area (Å²) in [7, 11) is 0. The van der Waals surface area contributed by atoms with Gasteiger partial charge in [-0.3, -0.25) is 4.79 Å². The fourth-order valence-electron chi connectivity index (χ4n) is 2.77. The van der Waals surface area contributed by atoms with Gasteiger partial charge in [0.25, 0.3) is 0 Å². The van der Waals surface area contributed by atoms with Crippen molar-refractivity contribution in [1.82, 2.24) is 15.1 Å². The monoisotopic (exact) mass is 389 g/mol. The summed E-state index contributed by atoms with van der Waals surface area (Å²) < 4.78 is 0.806. The number of aromatic nitrogens is 2. The maximum atomic E-state index is 12.7. The molecule has 3 rings (SSSR count). The van der Waals surface area contributed by atoms with Crippen LogP contribution in [0.3, 0.4) is 0 Å². The number of amides is 1. The van der Waals surface area contributed by atoms with Crippen LogP contribution in [0.2, 0.25) is 0 Å². The molecule has 1 unspecified atom stereocenters. The largest absolute Gasteiger partial charge is 0.368 e. The Morgan fingerprint density at radius 2 is 2.04 bits per heavy atom. The highest BCUT2D eigenvalue weighted by Gasteiger charge is 2.26. The lowest BCUT2D eigenvalue weighted by Gasteiger charge is -2.37. The summed E-state index contributed by atoms with van der Waals surface area (Å²) in [6.07, 6.45) is 1.77. The Balaban J connectivity index is 1.50. The van der Waals surface area contributed by atoms with Crippen molar-refractivity contribution >= 4 is 39.8 Å². The predicted octanol–water partition coefficient (Wildman–Crippen LogP) is 2.97. The van der Waals surface area contributed by atoms with E-state index in [2.05, 4.69) is 39.1 Å². The minimum Gasteiger partial charge on any atom is -0.368 e. The standard InChI is InChI=1S/C18H23N5OS2/c1-3-9-19-17-20-21-18(26-17)25-14(2)16(24)23-12-10-22(11-13-23)15-7-5-4-6-8-15/h3-8,14H,1,9-13H2,2H3,(H,19,20). The van der Waals surface area contributed by atoms with Crippen molar-refractivity contribution in [1.29, 1.82) is 0 Å². The summed E-state index contributed by atoms with van der Waals surface area (Å²) in [6.45, 7) is 9.48. The number of nitrogens with one attached hydrogen (secondary N) is 1. The van der Waals surface area contributed by atoms with Gasteiger partial charge in [0.05, 0.1) is 5.25 Å². The molecule has 138 valence electrons. The van der Waals surface area contributed by atoms with E-state index >= 15 is 0 Å². The average Bonchev–Trinajstić information content (AvgIpc) is 3.13. The van der Waals surface area contributed by atoms with Gasteiger partial charge in [-0.1, -0.05) is 47.4 Å². The van der Waals surface area contributed by atoms with E-state index in [0.717, 1.165) is 35.7 Å². The minimum absolute atomic E-state index is 0.165. The van der Waals surface area contributed by atoms with Crippen molar-refractivity contribution in [3.8, 4) is 0 Å². The third-order valence-electron chi connectivity index (χ3n) is 4.14. The maximum Gasteiger partial charge on any atom is 0.235 e. The highest BCUT2D eigenvalue weighted by molar-refractivity contribution is 8.02. The second-order valence-electron chi connectivity index (χ2n) is 5.95. The molecule has 1 aromatic carbocycles. The van der Waals surface area contributed by atoms with Crippen molar-refractivity contribution in [2.45, 2.75) is 16.5 Å². The molecule has 0 saturated carbocycles. The third-order valence-corrected chi connectivity index (χ3v) is 6.19. The lowest BCUT2D eigenvalue weighted by Crippen LogP contribution is -2.50. The number of anilines is 2. The average molecular weight is 390 g/mol. The first-order valence-electron chi connectivity index (χ1n) is 8.61. The zero-order valence-corrected chi connectivity index (χ0v) is 16.4. The summed E-state index contributed by atoms with van der Waals surface area (Å²) >= 11 is 2.94. The molecule has 6 nitrogen and oxygen atoms in total. The molecule has 1 amide bonds. The molecule has 1 saturated heterocycles. The maximum absolute atomic E-state index is 12.7. The fourth-order valence-corrected chi connectivity index (χ4v) is 4.76. The fraction of sp³-hybridized carbons (Fsp3) is 0.389. The Bertz CT molecular complexity index is 728. The lowest BCUT2D eigenvalue weighted by molar-refractivity contribution is -0.130. The van der Waals surface area contributed by atoms with Crippen molar-refractivity contribution in [2.24, 2.45) is 0 Å². The smallest absolute Gasteiger partial charge is 0.235 e. The second kappa shape index (κ2) is 9.05. The number of piperazine rings is 1. The van der Waals surface area contributed by atoms with Crippen LogP contribution in [0.4, 0.5) is 10.8 Å². The normalized spacial score (nSPS) is 15.6. The van der Waals surface area contributed by atoms with Gasteiger partial charge in [-0.15, -0.1) is 16.8 Å². The van der Waals surface area contributed by atoms with Crippen LogP contribution in [-0.4, -0.2) is 59.0 Å². The summed E-state index contributed by atoms with van der Waals surface area (Å²) in [5.74, 6) is 0.165. The summed E-state index contributed by atoms with van der Waals surface area (Å²) in [5, 5.41) is 11.9. The molecule has 1 atom stereocenters. The van der Waals surface area contributed by atoms with E-state index in [9.17, 15) is 4.79 Å². The van der Waals surface area contributed by atoms with E-state index < -0.39 is 0 Å². The highest BCUT2D eigenvalue weighted by atomic mass is 32.2. The molecule has 26 heavy (non-hydrogen) atoms. The molecule has 2 aromatic rings. The van der Waals surface area contributed by atoms with Gasteiger partial charge in [-0.05, 0) is 19.1 Å². The van der Waals surface area contributed by atoms with Crippen molar-refractivity contribution in [3.05, 3.63) is 43.0 Å². The van der Waals surface area contributed by atoms with Gasteiger partial charge < -0.3 is 15.1 Å². The molecule has 1 aliphatic rings. The van der Waals surface area contributed by atoms with E-state index in [1.807, 2.05) is 30.0 Å². The predicted molar refractivity (Wildman–Crippen MR) is 109 cm³/mol. The molecule has 0 radical (unpaired) electrons.